The molecule has 8 N–H and O–H groups in total. The maximum Gasteiger partial charge on any atom is 2.00 e. The Balaban J connectivity index is 0. The maximum atomic E-state index is 0. The summed E-state index contributed by atoms with van der Waals surface area (Å²) in [4.78, 5) is 0. The fourth-order valence-electron chi connectivity index (χ4n) is 0. The van der Waals surface area contributed by atoms with Gasteiger partial charge in [-0.25, -0.2) is 0 Å². The van der Waals surface area contributed by atoms with Crippen molar-refractivity contribution in [3.05, 3.63) is 0 Å². The molecule has 8 heteroatoms. The molecule has 0 aromatic carbocycles. The van der Waals surface area contributed by atoms with E-state index in [4.69, 9.17) is 0 Å². The Morgan fingerprint density at radius 3 is 0.625 bits per heavy atom. The molecule has 0 aromatic rings. The Kier molecular flexibility index (Phi) is 5620. The molecule has 0 aromatic heterocycles. The maximum absolute atomic E-state index is 0. The van der Waals surface area contributed by atoms with Crippen LogP contribution in [0.25, 0.3) is 0 Å². The van der Waals surface area contributed by atoms with E-state index in [2.05, 4.69) is 0 Å². The SMILES string of the molecule is Cl.Cl.O.O.O.O.[H-].[H-].[Mg+2].[Mn]. The van der Waals surface area contributed by atoms with Crippen LogP contribution in [0.4, 0.5) is 0 Å². The smallest absolute Gasteiger partial charge is 1.00 e. The van der Waals surface area contributed by atoms with E-state index in [9.17, 15) is 0 Å². The number of hydrogen-bond donors (Lipinski definition) is 0. The van der Waals surface area contributed by atoms with Gasteiger partial charge in [-0.15, -0.1) is 24.8 Å². The Morgan fingerprint density at radius 2 is 0.625 bits per heavy atom. The van der Waals surface area contributed by atoms with Crippen LogP contribution in [0.5, 0.6) is 0 Å². The van der Waals surface area contributed by atoms with Gasteiger partial charge in [0.05, 0.1) is 0 Å². The number of halogens is 2. The van der Waals surface area contributed by atoms with Crippen LogP contribution < -0.4 is 0 Å². The van der Waals surface area contributed by atoms with E-state index in [0.717, 1.165) is 0 Å². The second-order valence-electron chi connectivity index (χ2n) is 0. The first-order valence-electron chi connectivity index (χ1n) is 0. The molecule has 0 atom stereocenters. The topological polar surface area (TPSA) is 126 Å². The number of rotatable bonds is 0. The summed E-state index contributed by atoms with van der Waals surface area (Å²) in [5.41, 5.74) is 0. The molecule has 0 fully saturated rings. The monoisotopic (exact) mass is 225 g/mol. The van der Waals surface area contributed by atoms with E-state index in [1.807, 2.05) is 0 Å². The predicted molar refractivity (Wildman–Crippen MR) is 36.9 cm³/mol. The van der Waals surface area contributed by atoms with Crippen molar-refractivity contribution in [2.75, 3.05) is 0 Å². The molecule has 59 valence electrons. The molecular formula is H12Cl2MgMnO4. The molecule has 0 aliphatic carbocycles. The summed E-state index contributed by atoms with van der Waals surface area (Å²) in [5.74, 6) is 0. The van der Waals surface area contributed by atoms with E-state index in [1.165, 1.54) is 0 Å². The Bertz CT molecular complexity index is 21.2. The van der Waals surface area contributed by atoms with Crippen molar-refractivity contribution in [1.29, 1.82) is 0 Å². The summed E-state index contributed by atoms with van der Waals surface area (Å²) in [6, 6.07) is 0. The molecule has 4 nitrogen and oxygen atoms in total. The Hall–Kier alpha value is 1.71. The van der Waals surface area contributed by atoms with Crippen molar-refractivity contribution < 1.29 is 41.8 Å². The summed E-state index contributed by atoms with van der Waals surface area (Å²) in [7, 11) is 0. The summed E-state index contributed by atoms with van der Waals surface area (Å²) in [6.45, 7) is 0. The zero-order valence-electron chi connectivity index (χ0n) is 5.90. The standard InChI is InChI=1S/2ClH.Mg.Mn.4H2O.2H/h2*1H;;;4*1H2;;/q;;+2;;;;;;2*-1. The van der Waals surface area contributed by atoms with Crippen LogP contribution in [0.15, 0.2) is 0 Å². The molecule has 0 aliphatic rings. The van der Waals surface area contributed by atoms with Gasteiger partial charge in [0.1, 0.15) is 0 Å². The van der Waals surface area contributed by atoms with Crippen molar-refractivity contribution in [1.82, 2.24) is 0 Å². The van der Waals surface area contributed by atoms with Crippen LogP contribution >= 0.6 is 24.8 Å². The van der Waals surface area contributed by atoms with E-state index in [-0.39, 0.29) is 89.7 Å². The van der Waals surface area contributed by atoms with Gasteiger partial charge in [-0.2, -0.15) is 0 Å². The molecule has 0 unspecified atom stereocenters. The van der Waals surface area contributed by atoms with Crippen molar-refractivity contribution in [2.24, 2.45) is 0 Å². The third-order valence-electron chi connectivity index (χ3n) is 0. The number of hydrogen-bond acceptors (Lipinski definition) is 0. The Morgan fingerprint density at radius 1 is 0.625 bits per heavy atom. The molecule has 0 heterocycles. The first-order chi connectivity index (χ1) is 0. The van der Waals surface area contributed by atoms with Crippen LogP contribution in [0.1, 0.15) is 2.85 Å². The summed E-state index contributed by atoms with van der Waals surface area (Å²) < 4.78 is 0. The fraction of sp³-hybridized carbons (Fsp3) is 0. The second-order valence-corrected chi connectivity index (χ2v) is 0. The van der Waals surface area contributed by atoms with Gasteiger partial charge in [0.15, 0.2) is 0 Å². The first kappa shape index (κ1) is 253. The Labute approximate surface area is 89.4 Å². The van der Waals surface area contributed by atoms with Gasteiger partial charge in [0, 0.05) is 17.1 Å². The molecule has 0 aliphatic heterocycles. The van der Waals surface area contributed by atoms with Crippen molar-refractivity contribution in [3.8, 4) is 0 Å². The average molecular weight is 226 g/mol. The van der Waals surface area contributed by atoms with Gasteiger partial charge >= 0.3 is 23.1 Å². The van der Waals surface area contributed by atoms with Crippen LogP contribution in [0.2, 0.25) is 0 Å². The van der Waals surface area contributed by atoms with E-state index < -0.39 is 0 Å². The zero-order valence-corrected chi connectivity index (χ0v) is 8.13. The van der Waals surface area contributed by atoms with E-state index in [0.29, 0.717) is 0 Å². The molecule has 0 bridgehead atoms. The molecule has 8 heavy (non-hydrogen) atoms. The molecule has 0 spiro atoms. The molecule has 0 rings (SSSR count). The minimum absolute atomic E-state index is 0. The van der Waals surface area contributed by atoms with Gasteiger partial charge in [0.2, 0.25) is 0 Å². The molecule has 0 saturated heterocycles. The van der Waals surface area contributed by atoms with Gasteiger partial charge in [-0.3, -0.25) is 0 Å². The van der Waals surface area contributed by atoms with E-state index >= 15 is 0 Å². The van der Waals surface area contributed by atoms with Gasteiger partial charge in [0.25, 0.3) is 0 Å². The van der Waals surface area contributed by atoms with Gasteiger partial charge in [-0.05, 0) is 0 Å². The van der Waals surface area contributed by atoms with Crippen LogP contribution in [0.3, 0.4) is 0 Å². The first-order valence-corrected chi connectivity index (χ1v) is 0. The average Bonchev–Trinajstić information content (AvgIpc) is 0. The van der Waals surface area contributed by atoms with E-state index in [1.54, 1.807) is 0 Å². The van der Waals surface area contributed by atoms with Crippen molar-refractivity contribution in [3.63, 3.8) is 0 Å². The zero-order chi connectivity index (χ0) is 0. The van der Waals surface area contributed by atoms with Crippen LogP contribution in [0, 0.1) is 0 Å². The third-order valence-corrected chi connectivity index (χ3v) is 0. The fourth-order valence-corrected chi connectivity index (χ4v) is 0. The normalized spacial score (nSPS) is 0. The van der Waals surface area contributed by atoms with Gasteiger partial charge < -0.3 is 24.8 Å². The summed E-state index contributed by atoms with van der Waals surface area (Å²) >= 11 is 0. The summed E-state index contributed by atoms with van der Waals surface area (Å²) in [6.07, 6.45) is 0. The molecular weight excluding hydrogens is 214 g/mol. The predicted octanol–water partition coefficient (Wildman–Crippen LogP) is -2.61. The minimum Gasteiger partial charge on any atom is -1.00 e. The van der Waals surface area contributed by atoms with Crippen LogP contribution in [-0.4, -0.2) is 45.0 Å². The molecule has 0 saturated carbocycles. The summed E-state index contributed by atoms with van der Waals surface area (Å²) in [5, 5.41) is 0. The minimum atomic E-state index is 0. The van der Waals surface area contributed by atoms with Gasteiger partial charge in [-0.1, -0.05) is 0 Å². The van der Waals surface area contributed by atoms with Crippen molar-refractivity contribution >= 4 is 47.9 Å². The molecule has 1 radical (unpaired) electrons. The van der Waals surface area contributed by atoms with Crippen LogP contribution in [-0.2, 0) is 17.1 Å². The molecule has 0 amide bonds. The third kappa shape index (κ3) is 119. The quantitative estimate of drug-likeness (QED) is 0.401. The van der Waals surface area contributed by atoms with Crippen molar-refractivity contribution in [2.45, 2.75) is 0 Å². The largest absolute Gasteiger partial charge is 2.00 e. The second kappa shape index (κ2) is 178.